The van der Waals surface area contributed by atoms with Crippen LogP contribution in [0.15, 0.2) is 83.3 Å². The summed E-state index contributed by atoms with van der Waals surface area (Å²) in [6.45, 7) is 6.44. The topological polar surface area (TPSA) is 74.0 Å². The number of benzene rings is 3. The van der Waals surface area contributed by atoms with Gasteiger partial charge in [-0.3, -0.25) is 0 Å². The Kier molecular flexibility index (Phi) is 8.68. The molecule has 7 heteroatoms. The first-order valence-electron chi connectivity index (χ1n) is 12.4. The number of carbonyl (C=O) groups excluding carboxylic acids is 1. The maximum absolute atomic E-state index is 12.8. The molecule has 0 fully saturated rings. The van der Waals surface area contributed by atoms with Crippen molar-refractivity contribution in [1.29, 1.82) is 0 Å². The predicted octanol–water partition coefficient (Wildman–Crippen LogP) is 6.67. The van der Waals surface area contributed by atoms with Gasteiger partial charge in [-0.25, -0.2) is 9.78 Å². The first-order valence-corrected chi connectivity index (χ1v) is 12.4. The summed E-state index contributed by atoms with van der Waals surface area (Å²) in [6.07, 6.45) is -0.418. The second-order valence-corrected chi connectivity index (χ2v) is 8.46. The standard InChI is InChI=1S/C31H30N2O5/c1-5-33(31(34)37-28-19-17-26(35-4)18-20-28)23(3)24-13-15-27(16-14-24)36-21-9-12-29-22(2)32-30(38-29)25-10-7-6-8-11-25/h6-8,10-11,13-20,23H,5,21H2,1-4H3/t23-/m0/s1. The number of aromatic nitrogens is 1. The molecule has 0 unspecified atom stereocenters. The molecule has 1 aromatic heterocycles. The lowest BCUT2D eigenvalue weighted by Gasteiger charge is -2.27. The van der Waals surface area contributed by atoms with Crippen LogP contribution in [0, 0.1) is 18.8 Å². The molecule has 0 aliphatic carbocycles. The number of amides is 1. The first kappa shape index (κ1) is 26.4. The van der Waals surface area contributed by atoms with E-state index in [1.54, 1.807) is 36.3 Å². The number of hydrogen-bond acceptors (Lipinski definition) is 6. The highest BCUT2D eigenvalue weighted by Gasteiger charge is 2.22. The zero-order valence-electron chi connectivity index (χ0n) is 21.9. The van der Waals surface area contributed by atoms with Crippen molar-refractivity contribution in [3.05, 3.63) is 95.9 Å². The molecule has 7 nitrogen and oxygen atoms in total. The fourth-order valence-electron chi connectivity index (χ4n) is 3.84. The minimum absolute atomic E-state index is 0.187. The average molecular weight is 511 g/mol. The van der Waals surface area contributed by atoms with Gasteiger partial charge in [0.1, 0.15) is 23.9 Å². The summed E-state index contributed by atoms with van der Waals surface area (Å²) in [7, 11) is 1.59. The number of aryl methyl sites for hydroxylation is 1. The van der Waals surface area contributed by atoms with E-state index in [1.807, 2.05) is 75.4 Å². The second kappa shape index (κ2) is 12.5. The molecule has 1 amide bonds. The molecular formula is C31H30N2O5. The maximum atomic E-state index is 12.8. The van der Waals surface area contributed by atoms with Crippen molar-refractivity contribution in [3.8, 4) is 40.5 Å². The van der Waals surface area contributed by atoms with E-state index >= 15 is 0 Å². The molecule has 0 bridgehead atoms. The van der Waals surface area contributed by atoms with Gasteiger partial charge in [-0.1, -0.05) is 36.3 Å². The number of hydrogen-bond donors (Lipinski definition) is 0. The van der Waals surface area contributed by atoms with Crippen molar-refractivity contribution in [2.45, 2.75) is 26.8 Å². The van der Waals surface area contributed by atoms with Gasteiger partial charge in [-0.15, -0.1) is 0 Å². The van der Waals surface area contributed by atoms with Crippen molar-refractivity contribution in [1.82, 2.24) is 9.88 Å². The van der Waals surface area contributed by atoms with Gasteiger partial charge in [0.2, 0.25) is 11.7 Å². The molecule has 0 aliphatic rings. The van der Waals surface area contributed by atoms with Gasteiger partial charge in [0.25, 0.3) is 0 Å². The molecule has 1 atom stereocenters. The molecule has 0 saturated carbocycles. The van der Waals surface area contributed by atoms with Crippen LogP contribution in [0.1, 0.15) is 36.9 Å². The van der Waals surface area contributed by atoms with Gasteiger partial charge in [0, 0.05) is 12.1 Å². The van der Waals surface area contributed by atoms with Crippen LogP contribution in [0.25, 0.3) is 11.5 Å². The Labute approximate surface area is 223 Å². The van der Waals surface area contributed by atoms with Gasteiger partial charge < -0.3 is 23.5 Å². The smallest absolute Gasteiger partial charge is 0.415 e. The molecular weight excluding hydrogens is 480 g/mol. The van der Waals surface area contributed by atoms with Crippen LogP contribution < -0.4 is 14.2 Å². The Morgan fingerprint density at radius 3 is 2.29 bits per heavy atom. The van der Waals surface area contributed by atoms with E-state index in [2.05, 4.69) is 16.8 Å². The quantitative estimate of drug-likeness (QED) is 0.247. The predicted molar refractivity (Wildman–Crippen MR) is 145 cm³/mol. The van der Waals surface area contributed by atoms with Crippen LogP contribution in [0.3, 0.4) is 0 Å². The van der Waals surface area contributed by atoms with Gasteiger partial charge in [0.05, 0.1) is 18.8 Å². The van der Waals surface area contributed by atoms with Crippen LogP contribution in [0.5, 0.6) is 17.2 Å². The number of carbonyl (C=O) groups is 1. The van der Waals surface area contributed by atoms with Crippen LogP contribution in [0.2, 0.25) is 0 Å². The van der Waals surface area contributed by atoms with Gasteiger partial charge in [-0.05, 0) is 80.8 Å². The SMILES string of the molecule is CCN(C(=O)Oc1ccc(OC)cc1)[C@@H](C)c1ccc(OCC#Cc2oc(-c3ccccc3)nc2C)cc1. The molecule has 3 aromatic carbocycles. The summed E-state index contributed by atoms with van der Waals surface area (Å²) in [6, 6.07) is 24.0. The zero-order chi connectivity index (χ0) is 26.9. The summed E-state index contributed by atoms with van der Waals surface area (Å²) in [5.74, 6) is 8.89. The number of oxazole rings is 1. The van der Waals surface area contributed by atoms with Crippen LogP contribution in [-0.4, -0.2) is 36.2 Å². The molecule has 4 aromatic rings. The van der Waals surface area contributed by atoms with Crippen molar-refractivity contribution in [2.24, 2.45) is 0 Å². The Morgan fingerprint density at radius 1 is 0.974 bits per heavy atom. The molecule has 0 radical (unpaired) electrons. The molecule has 0 spiro atoms. The second-order valence-electron chi connectivity index (χ2n) is 8.46. The van der Waals surface area contributed by atoms with Crippen molar-refractivity contribution in [3.63, 3.8) is 0 Å². The highest BCUT2D eigenvalue weighted by atomic mass is 16.6. The van der Waals surface area contributed by atoms with E-state index in [0.29, 0.717) is 35.4 Å². The number of nitrogens with zero attached hydrogens (tertiary/aromatic N) is 2. The number of rotatable bonds is 8. The monoisotopic (exact) mass is 510 g/mol. The molecule has 1 heterocycles. The van der Waals surface area contributed by atoms with E-state index in [0.717, 1.165) is 16.8 Å². The van der Waals surface area contributed by atoms with Crippen LogP contribution in [0.4, 0.5) is 4.79 Å². The summed E-state index contributed by atoms with van der Waals surface area (Å²) in [4.78, 5) is 18.9. The zero-order valence-corrected chi connectivity index (χ0v) is 21.9. The summed E-state index contributed by atoms with van der Waals surface area (Å²) in [5, 5.41) is 0. The molecule has 194 valence electrons. The summed E-state index contributed by atoms with van der Waals surface area (Å²) in [5.41, 5.74) is 2.60. The lowest BCUT2D eigenvalue weighted by Crippen LogP contribution is -2.35. The fraction of sp³-hybridized carbons (Fsp3) is 0.226. The van der Waals surface area contributed by atoms with Crippen LogP contribution in [-0.2, 0) is 0 Å². The Morgan fingerprint density at radius 2 is 1.63 bits per heavy atom. The average Bonchev–Trinajstić information content (AvgIpc) is 3.33. The van der Waals surface area contributed by atoms with Crippen molar-refractivity contribution in [2.75, 3.05) is 20.3 Å². The number of methoxy groups -OCH3 is 1. The van der Waals surface area contributed by atoms with Crippen molar-refractivity contribution >= 4 is 6.09 Å². The Hall–Kier alpha value is -4.70. The minimum atomic E-state index is -0.418. The van der Waals surface area contributed by atoms with Crippen molar-refractivity contribution < 1.29 is 23.4 Å². The largest absolute Gasteiger partial charge is 0.497 e. The molecule has 0 aliphatic heterocycles. The van der Waals surface area contributed by atoms with Gasteiger partial charge in [0.15, 0.2) is 0 Å². The lowest BCUT2D eigenvalue weighted by molar-refractivity contribution is 0.138. The minimum Gasteiger partial charge on any atom is -0.497 e. The first-order chi connectivity index (χ1) is 18.5. The molecule has 4 rings (SSSR count). The maximum Gasteiger partial charge on any atom is 0.415 e. The van der Waals surface area contributed by atoms with E-state index in [-0.39, 0.29) is 12.6 Å². The van der Waals surface area contributed by atoms with E-state index in [9.17, 15) is 4.79 Å². The van der Waals surface area contributed by atoms with E-state index < -0.39 is 6.09 Å². The number of ether oxygens (including phenoxy) is 3. The third-order valence-corrected chi connectivity index (χ3v) is 6.00. The van der Waals surface area contributed by atoms with Gasteiger partial charge in [-0.2, -0.15) is 0 Å². The fourth-order valence-corrected chi connectivity index (χ4v) is 3.84. The third-order valence-electron chi connectivity index (χ3n) is 6.00. The lowest BCUT2D eigenvalue weighted by atomic mass is 10.1. The van der Waals surface area contributed by atoms with E-state index in [1.165, 1.54) is 0 Å². The Balaban J connectivity index is 1.33. The highest BCUT2D eigenvalue weighted by Crippen LogP contribution is 2.25. The molecule has 0 N–H and O–H groups in total. The summed E-state index contributed by atoms with van der Waals surface area (Å²) >= 11 is 0. The molecule has 0 saturated heterocycles. The third kappa shape index (κ3) is 6.54. The highest BCUT2D eigenvalue weighted by molar-refractivity contribution is 5.71. The van der Waals surface area contributed by atoms with Crippen LogP contribution >= 0.6 is 0 Å². The Bertz CT molecular complexity index is 1400. The van der Waals surface area contributed by atoms with E-state index in [4.69, 9.17) is 18.6 Å². The molecule has 38 heavy (non-hydrogen) atoms. The van der Waals surface area contributed by atoms with Gasteiger partial charge >= 0.3 is 6.09 Å². The normalized spacial score (nSPS) is 11.2. The summed E-state index contributed by atoms with van der Waals surface area (Å²) < 4.78 is 22.3.